The Balaban J connectivity index is 1.80. The molecule has 2 saturated carbocycles. The molecular weight excluding hydrogens is 232 g/mol. The predicted octanol–water partition coefficient (Wildman–Crippen LogP) is 3.62. The number of hydrogen-bond acceptors (Lipinski definition) is 2. The first-order valence-electron chi connectivity index (χ1n) is 7.57. The van der Waals surface area contributed by atoms with E-state index in [0.29, 0.717) is 5.92 Å². The third kappa shape index (κ3) is 2.74. The molecule has 0 bridgehead atoms. The minimum Gasteiger partial charge on any atom is -0.320 e. The Kier molecular flexibility index (Phi) is 3.44. The lowest BCUT2D eigenvalue weighted by Gasteiger charge is -2.20. The monoisotopic (exact) mass is 256 g/mol. The number of nitrogens with zero attached hydrogens (tertiary/aromatic N) is 1. The Hall–Kier alpha value is -1.15. The van der Waals surface area contributed by atoms with Crippen LogP contribution < -0.4 is 5.73 Å². The molecule has 2 aliphatic carbocycles. The lowest BCUT2D eigenvalue weighted by atomic mass is 9.94. The lowest BCUT2D eigenvalue weighted by Crippen LogP contribution is -2.37. The zero-order valence-corrected chi connectivity index (χ0v) is 11.9. The largest absolute Gasteiger partial charge is 0.320 e. The summed E-state index contributed by atoms with van der Waals surface area (Å²) < 4.78 is 0. The average Bonchev–Trinajstić information content (AvgIpc) is 2.93. The molecule has 2 heteroatoms. The van der Waals surface area contributed by atoms with Gasteiger partial charge in [0.05, 0.1) is 12.1 Å². The molecule has 0 spiro atoms. The Morgan fingerprint density at radius 1 is 1.26 bits per heavy atom. The summed E-state index contributed by atoms with van der Waals surface area (Å²) in [6.07, 6.45) is 7.57. The third-order valence-corrected chi connectivity index (χ3v) is 4.72. The van der Waals surface area contributed by atoms with Crippen LogP contribution in [0.4, 0.5) is 0 Å². The summed E-state index contributed by atoms with van der Waals surface area (Å²) in [6.45, 7) is 2.97. The first-order chi connectivity index (χ1) is 9.19. The molecular formula is C17H24N2. The fourth-order valence-corrected chi connectivity index (χ4v) is 3.24. The molecule has 19 heavy (non-hydrogen) atoms. The van der Waals surface area contributed by atoms with Gasteiger partial charge in [-0.25, -0.2) is 0 Å². The van der Waals surface area contributed by atoms with Gasteiger partial charge in [-0.15, -0.1) is 0 Å². The second-order valence-electron chi connectivity index (χ2n) is 6.27. The molecule has 102 valence electrons. The molecule has 0 heterocycles. The van der Waals surface area contributed by atoms with Crippen molar-refractivity contribution >= 4 is 5.71 Å². The highest BCUT2D eigenvalue weighted by Crippen LogP contribution is 2.41. The van der Waals surface area contributed by atoms with Gasteiger partial charge in [-0.2, -0.15) is 0 Å². The third-order valence-electron chi connectivity index (χ3n) is 4.72. The minimum atomic E-state index is -0.0440. The molecule has 0 unspecified atom stereocenters. The van der Waals surface area contributed by atoms with Gasteiger partial charge >= 0.3 is 0 Å². The van der Waals surface area contributed by atoms with Gasteiger partial charge in [0.15, 0.2) is 0 Å². The van der Waals surface area contributed by atoms with E-state index in [4.69, 9.17) is 10.7 Å². The van der Waals surface area contributed by atoms with Crippen LogP contribution in [0.1, 0.15) is 49.7 Å². The van der Waals surface area contributed by atoms with Gasteiger partial charge in [0.2, 0.25) is 0 Å². The number of nitrogens with two attached hydrogens (primary N) is 1. The van der Waals surface area contributed by atoms with Crippen LogP contribution in [-0.4, -0.2) is 11.3 Å². The van der Waals surface area contributed by atoms with Crippen molar-refractivity contribution in [1.82, 2.24) is 0 Å². The molecule has 0 aliphatic heterocycles. The standard InChI is InChI=1S/C17H24N2/c1-13-6-2-3-9-15(13)12-19-16(17(18)10-11-17)14-7-4-5-8-14/h2-3,6,9,14H,4-5,7-8,10-12,18H2,1H3. The molecule has 2 fully saturated rings. The van der Waals surface area contributed by atoms with Crippen LogP contribution in [0.2, 0.25) is 0 Å². The van der Waals surface area contributed by atoms with E-state index in [1.165, 1.54) is 42.5 Å². The Morgan fingerprint density at radius 3 is 2.58 bits per heavy atom. The molecule has 1 aromatic carbocycles. The SMILES string of the molecule is Cc1ccccc1CN=C(C1CCCC1)C1(N)CC1. The van der Waals surface area contributed by atoms with Crippen LogP contribution in [-0.2, 0) is 6.54 Å². The maximum Gasteiger partial charge on any atom is 0.0642 e. The quantitative estimate of drug-likeness (QED) is 0.821. The fraction of sp³-hybridized carbons (Fsp3) is 0.588. The van der Waals surface area contributed by atoms with Crippen LogP contribution in [0.25, 0.3) is 0 Å². The zero-order chi connectivity index (χ0) is 13.3. The second kappa shape index (κ2) is 5.09. The highest BCUT2D eigenvalue weighted by molar-refractivity contribution is 5.98. The first kappa shape index (κ1) is 12.9. The van der Waals surface area contributed by atoms with Crippen LogP contribution in [0.5, 0.6) is 0 Å². The molecule has 0 saturated heterocycles. The maximum absolute atomic E-state index is 6.44. The molecule has 2 aliphatic rings. The number of hydrogen-bond donors (Lipinski definition) is 1. The molecule has 0 atom stereocenters. The molecule has 0 aromatic heterocycles. The summed E-state index contributed by atoms with van der Waals surface area (Å²) in [7, 11) is 0. The normalized spacial score (nSPS) is 22.7. The summed E-state index contributed by atoms with van der Waals surface area (Å²) in [5.74, 6) is 0.663. The summed E-state index contributed by atoms with van der Waals surface area (Å²) >= 11 is 0. The van der Waals surface area contributed by atoms with E-state index >= 15 is 0 Å². The van der Waals surface area contributed by atoms with E-state index in [0.717, 1.165) is 19.4 Å². The zero-order valence-electron chi connectivity index (χ0n) is 11.9. The van der Waals surface area contributed by atoms with Gasteiger partial charge in [-0.1, -0.05) is 37.1 Å². The first-order valence-corrected chi connectivity index (χ1v) is 7.57. The predicted molar refractivity (Wildman–Crippen MR) is 80.4 cm³/mol. The van der Waals surface area contributed by atoms with E-state index in [-0.39, 0.29) is 5.54 Å². The summed E-state index contributed by atoms with van der Waals surface area (Å²) in [5, 5.41) is 0. The molecule has 2 nitrogen and oxygen atoms in total. The van der Waals surface area contributed by atoms with Crippen molar-refractivity contribution in [3.8, 4) is 0 Å². The fourth-order valence-electron chi connectivity index (χ4n) is 3.24. The lowest BCUT2D eigenvalue weighted by molar-refractivity contribution is 0.674. The molecule has 3 rings (SSSR count). The highest BCUT2D eigenvalue weighted by atomic mass is 14.9. The van der Waals surface area contributed by atoms with Crippen molar-refractivity contribution < 1.29 is 0 Å². The van der Waals surface area contributed by atoms with E-state index < -0.39 is 0 Å². The van der Waals surface area contributed by atoms with Crippen molar-refractivity contribution in [3.05, 3.63) is 35.4 Å². The molecule has 1 aromatic rings. The number of benzene rings is 1. The van der Waals surface area contributed by atoms with Crippen molar-refractivity contribution in [2.24, 2.45) is 16.6 Å². The van der Waals surface area contributed by atoms with Crippen molar-refractivity contribution in [2.75, 3.05) is 0 Å². The van der Waals surface area contributed by atoms with Gasteiger partial charge in [0.1, 0.15) is 0 Å². The van der Waals surface area contributed by atoms with Crippen LogP contribution in [0.15, 0.2) is 29.3 Å². The molecule has 2 N–H and O–H groups in total. The van der Waals surface area contributed by atoms with Crippen molar-refractivity contribution in [3.63, 3.8) is 0 Å². The average molecular weight is 256 g/mol. The second-order valence-corrected chi connectivity index (χ2v) is 6.27. The molecule has 0 radical (unpaired) electrons. The number of rotatable bonds is 4. The van der Waals surface area contributed by atoms with E-state index in [2.05, 4.69) is 31.2 Å². The Morgan fingerprint density at radius 2 is 1.95 bits per heavy atom. The van der Waals surface area contributed by atoms with Crippen molar-refractivity contribution in [1.29, 1.82) is 0 Å². The van der Waals surface area contributed by atoms with Gasteiger partial charge in [0.25, 0.3) is 0 Å². The van der Waals surface area contributed by atoms with Gasteiger partial charge in [0, 0.05) is 5.71 Å². The molecule has 0 amide bonds. The van der Waals surface area contributed by atoms with Crippen LogP contribution >= 0.6 is 0 Å². The van der Waals surface area contributed by atoms with Crippen LogP contribution in [0.3, 0.4) is 0 Å². The number of aryl methyl sites for hydroxylation is 1. The van der Waals surface area contributed by atoms with Gasteiger partial charge < -0.3 is 5.73 Å². The maximum atomic E-state index is 6.44. The summed E-state index contributed by atoms with van der Waals surface area (Å²) in [6, 6.07) is 8.53. The van der Waals surface area contributed by atoms with Gasteiger partial charge in [-0.3, -0.25) is 4.99 Å². The highest BCUT2D eigenvalue weighted by Gasteiger charge is 2.46. The van der Waals surface area contributed by atoms with Crippen LogP contribution in [0, 0.1) is 12.8 Å². The van der Waals surface area contributed by atoms with E-state index in [1.807, 2.05) is 0 Å². The smallest absolute Gasteiger partial charge is 0.0642 e. The number of aliphatic imine (C=N–C) groups is 1. The summed E-state index contributed by atoms with van der Waals surface area (Å²) in [5.41, 5.74) is 10.4. The Labute approximate surface area is 116 Å². The van der Waals surface area contributed by atoms with E-state index in [9.17, 15) is 0 Å². The topological polar surface area (TPSA) is 38.4 Å². The van der Waals surface area contributed by atoms with Gasteiger partial charge in [-0.05, 0) is 49.7 Å². The minimum absolute atomic E-state index is 0.0440. The van der Waals surface area contributed by atoms with E-state index in [1.54, 1.807) is 0 Å². The summed E-state index contributed by atoms with van der Waals surface area (Å²) in [4.78, 5) is 4.96. The Bertz CT molecular complexity index is 480. The van der Waals surface area contributed by atoms with Crippen molar-refractivity contribution in [2.45, 2.75) is 57.5 Å².